The lowest BCUT2D eigenvalue weighted by molar-refractivity contribution is -0.120. The summed E-state index contributed by atoms with van der Waals surface area (Å²) < 4.78 is 28.4. The largest absolute Gasteiger partial charge is 0.366 e. The molecular formula is C20H20N4O4S. The van der Waals surface area contributed by atoms with Crippen LogP contribution >= 0.6 is 0 Å². The number of nitrogens with two attached hydrogens (primary N) is 1. The third-order valence-electron chi connectivity index (χ3n) is 5.19. The average Bonchev–Trinajstić information content (AvgIpc) is 2.99. The van der Waals surface area contributed by atoms with E-state index in [9.17, 15) is 18.0 Å². The summed E-state index contributed by atoms with van der Waals surface area (Å²) in [6.07, 6.45) is 1.14. The number of hydrogen-bond donors (Lipinski definition) is 2. The number of fused-ring (bicyclic) bond motifs is 1. The summed E-state index contributed by atoms with van der Waals surface area (Å²) in [5.74, 6) is -0.444. The molecule has 1 fully saturated rings. The van der Waals surface area contributed by atoms with Crippen molar-refractivity contribution in [1.82, 2.24) is 4.90 Å². The van der Waals surface area contributed by atoms with Gasteiger partial charge in [-0.05, 0) is 43.2 Å². The molecule has 2 heterocycles. The number of carbonyl (C=O) groups excluding carboxylic acids is 2. The summed E-state index contributed by atoms with van der Waals surface area (Å²) in [5.41, 5.74) is 6.74. The maximum atomic E-state index is 12.6. The minimum Gasteiger partial charge on any atom is -0.366 e. The molecule has 0 spiro atoms. The van der Waals surface area contributed by atoms with E-state index >= 15 is 0 Å². The first-order chi connectivity index (χ1) is 13.8. The number of likely N-dealkylation sites (tertiary alicyclic amines) is 1. The van der Waals surface area contributed by atoms with Crippen LogP contribution in [-0.4, -0.2) is 44.1 Å². The minimum absolute atomic E-state index is 0.132. The molecule has 1 saturated heterocycles. The molecular weight excluding hydrogens is 392 g/mol. The monoisotopic (exact) mass is 412 g/mol. The van der Waals surface area contributed by atoms with Crippen LogP contribution in [0.4, 0.5) is 5.69 Å². The zero-order chi connectivity index (χ0) is 20.6. The second kappa shape index (κ2) is 7.32. The van der Waals surface area contributed by atoms with Crippen LogP contribution in [0, 0.1) is 5.92 Å². The van der Waals surface area contributed by atoms with Crippen LogP contribution < -0.4 is 11.1 Å². The molecule has 0 saturated carbocycles. The van der Waals surface area contributed by atoms with E-state index in [4.69, 9.17) is 5.73 Å². The highest BCUT2D eigenvalue weighted by Crippen LogP contribution is 2.30. The fourth-order valence-electron chi connectivity index (χ4n) is 3.66. The molecule has 0 aliphatic carbocycles. The van der Waals surface area contributed by atoms with E-state index in [0.717, 1.165) is 0 Å². The molecule has 2 aliphatic heterocycles. The Labute approximate surface area is 168 Å². The van der Waals surface area contributed by atoms with Crippen LogP contribution in [0.5, 0.6) is 0 Å². The van der Waals surface area contributed by atoms with Crippen molar-refractivity contribution >= 4 is 33.4 Å². The molecule has 4 rings (SSSR count). The molecule has 0 bridgehead atoms. The summed E-state index contributed by atoms with van der Waals surface area (Å²) >= 11 is 0. The first kappa shape index (κ1) is 19.1. The van der Waals surface area contributed by atoms with E-state index in [-0.39, 0.29) is 16.7 Å². The number of amides is 2. The highest BCUT2D eigenvalue weighted by atomic mass is 32.2. The van der Waals surface area contributed by atoms with Gasteiger partial charge in [-0.2, -0.15) is 8.42 Å². The zero-order valence-electron chi connectivity index (χ0n) is 15.5. The van der Waals surface area contributed by atoms with Crippen LogP contribution in [0.2, 0.25) is 0 Å². The Kier molecular flexibility index (Phi) is 4.83. The molecule has 2 aliphatic rings. The van der Waals surface area contributed by atoms with Crippen molar-refractivity contribution in [2.45, 2.75) is 17.7 Å². The van der Waals surface area contributed by atoms with Crippen molar-refractivity contribution in [2.75, 3.05) is 18.4 Å². The maximum absolute atomic E-state index is 12.6. The van der Waals surface area contributed by atoms with Crippen molar-refractivity contribution in [3.8, 4) is 0 Å². The molecule has 0 aromatic heterocycles. The van der Waals surface area contributed by atoms with Gasteiger partial charge in [-0.1, -0.05) is 18.2 Å². The molecule has 150 valence electrons. The summed E-state index contributed by atoms with van der Waals surface area (Å²) in [4.78, 5) is 26.0. The summed E-state index contributed by atoms with van der Waals surface area (Å²) in [6.45, 7) is 1.06. The second-order valence-corrected chi connectivity index (χ2v) is 8.65. The van der Waals surface area contributed by atoms with Gasteiger partial charge < -0.3 is 16.0 Å². The first-order valence-corrected chi connectivity index (χ1v) is 10.7. The van der Waals surface area contributed by atoms with Crippen LogP contribution in [0.25, 0.3) is 0 Å². The summed E-state index contributed by atoms with van der Waals surface area (Å²) in [5, 5.41) is 2.83. The molecule has 2 aromatic rings. The topological polar surface area (TPSA) is 122 Å². The molecule has 9 heteroatoms. The van der Waals surface area contributed by atoms with E-state index in [1.165, 1.54) is 0 Å². The number of anilines is 1. The fourth-order valence-corrected chi connectivity index (χ4v) is 4.89. The van der Waals surface area contributed by atoms with Gasteiger partial charge in [0.2, 0.25) is 11.8 Å². The lowest BCUT2D eigenvalue weighted by atomic mass is 9.95. The predicted octanol–water partition coefficient (Wildman–Crippen LogP) is 1.59. The quantitative estimate of drug-likeness (QED) is 0.793. The number of benzene rings is 2. The molecule has 2 amide bonds. The van der Waals surface area contributed by atoms with Crippen LogP contribution in [0.3, 0.4) is 0 Å². The van der Waals surface area contributed by atoms with Gasteiger partial charge in [0.15, 0.2) is 5.84 Å². The average molecular weight is 412 g/mol. The fraction of sp³-hybridized carbons (Fsp3) is 0.250. The molecule has 0 unspecified atom stereocenters. The molecule has 2 aromatic carbocycles. The van der Waals surface area contributed by atoms with Gasteiger partial charge >= 0.3 is 0 Å². The van der Waals surface area contributed by atoms with Gasteiger partial charge in [0, 0.05) is 35.8 Å². The summed E-state index contributed by atoms with van der Waals surface area (Å²) in [6, 6.07) is 13.3. The number of carbonyl (C=O) groups is 2. The van der Waals surface area contributed by atoms with Crippen LogP contribution in [0.1, 0.15) is 28.8 Å². The lowest BCUT2D eigenvalue weighted by Crippen LogP contribution is -2.41. The van der Waals surface area contributed by atoms with E-state index in [2.05, 4.69) is 9.71 Å². The number of amidine groups is 1. The number of nitrogens with one attached hydrogen (secondary N) is 1. The van der Waals surface area contributed by atoms with E-state index < -0.39 is 15.9 Å². The Morgan fingerprint density at radius 1 is 1.07 bits per heavy atom. The molecule has 8 nitrogen and oxygen atoms in total. The number of primary amides is 1. The summed E-state index contributed by atoms with van der Waals surface area (Å²) in [7, 11) is -3.66. The third-order valence-corrected chi connectivity index (χ3v) is 6.52. The van der Waals surface area contributed by atoms with Crippen molar-refractivity contribution in [1.29, 1.82) is 0 Å². The molecule has 3 N–H and O–H groups in total. The van der Waals surface area contributed by atoms with E-state index in [0.29, 0.717) is 48.6 Å². The SMILES string of the molecule is NC(=O)c1cccc(NC(=O)C2CCN(C3=NS(=O)(=O)c4ccccc43)CC2)c1. The Balaban J connectivity index is 1.42. The highest BCUT2D eigenvalue weighted by Gasteiger charge is 2.34. The van der Waals surface area contributed by atoms with Gasteiger partial charge in [-0.25, -0.2) is 0 Å². The minimum atomic E-state index is -3.66. The van der Waals surface area contributed by atoms with Gasteiger partial charge in [0.1, 0.15) is 4.90 Å². The van der Waals surface area contributed by atoms with Gasteiger partial charge in [-0.15, -0.1) is 4.40 Å². The van der Waals surface area contributed by atoms with Gasteiger partial charge in [-0.3, -0.25) is 9.59 Å². The van der Waals surface area contributed by atoms with Gasteiger partial charge in [0.05, 0.1) is 0 Å². The Bertz CT molecular complexity index is 1120. The maximum Gasteiger partial charge on any atom is 0.285 e. The molecule has 0 radical (unpaired) electrons. The molecule has 29 heavy (non-hydrogen) atoms. The normalized spacial score (nSPS) is 18.1. The van der Waals surface area contributed by atoms with E-state index in [1.54, 1.807) is 48.5 Å². The Morgan fingerprint density at radius 2 is 1.79 bits per heavy atom. The third kappa shape index (κ3) is 3.73. The highest BCUT2D eigenvalue weighted by molar-refractivity contribution is 7.90. The number of hydrogen-bond acceptors (Lipinski definition) is 5. The van der Waals surface area contributed by atoms with Crippen molar-refractivity contribution in [2.24, 2.45) is 16.0 Å². The number of nitrogens with zero attached hydrogens (tertiary/aromatic N) is 2. The van der Waals surface area contributed by atoms with Crippen molar-refractivity contribution < 1.29 is 18.0 Å². The van der Waals surface area contributed by atoms with Crippen molar-refractivity contribution in [3.63, 3.8) is 0 Å². The number of sulfonamides is 1. The smallest absolute Gasteiger partial charge is 0.285 e. The molecule has 0 atom stereocenters. The lowest BCUT2D eigenvalue weighted by Gasteiger charge is -2.32. The number of piperidine rings is 1. The van der Waals surface area contributed by atoms with Crippen LogP contribution in [-0.2, 0) is 14.8 Å². The van der Waals surface area contributed by atoms with E-state index in [1.807, 2.05) is 4.90 Å². The van der Waals surface area contributed by atoms with Crippen LogP contribution in [0.15, 0.2) is 57.8 Å². The Hall–Kier alpha value is -3.20. The van der Waals surface area contributed by atoms with Gasteiger partial charge in [0.25, 0.3) is 10.0 Å². The first-order valence-electron chi connectivity index (χ1n) is 9.25. The Morgan fingerprint density at radius 3 is 2.52 bits per heavy atom. The van der Waals surface area contributed by atoms with Crippen molar-refractivity contribution in [3.05, 3.63) is 59.7 Å². The standard InChI is InChI=1S/C20H20N4O4S/c21-18(25)14-4-3-5-15(12-14)22-20(26)13-8-10-24(11-9-13)19-16-6-1-2-7-17(16)29(27,28)23-19/h1-7,12-13H,8-11H2,(H2,21,25)(H,22,26). The number of rotatable bonds is 3. The predicted molar refractivity (Wildman–Crippen MR) is 108 cm³/mol. The zero-order valence-corrected chi connectivity index (χ0v) is 16.4. The second-order valence-electron chi connectivity index (χ2n) is 7.08.